The quantitative estimate of drug-likeness (QED) is 0.911. The first kappa shape index (κ1) is 16.0. The second-order valence-electron chi connectivity index (χ2n) is 6.49. The van der Waals surface area contributed by atoms with Gasteiger partial charge in [-0.3, -0.25) is 0 Å². The Bertz CT molecular complexity index is 584. The molecule has 1 heterocycles. The fraction of sp³-hybridized carbons (Fsp3) is 0.471. The summed E-state index contributed by atoms with van der Waals surface area (Å²) in [5.41, 5.74) is 8.25. The van der Waals surface area contributed by atoms with Crippen molar-refractivity contribution in [3.05, 3.63) is 45.9 Å². The summed E-state index contributed by atoms with van der Waals surface area (Å²) in [6.07, 6.45) is 0.864. The maximum Gasteiger partial charge on any atom is 0.140 e. The molecule has 0 saturated carbocycles. The molecule has 0 fully saturated rings. The molecular formula is C17H24N2OS. The lowest BCUT2D eigenvalue weighted by molar-refractivity contribution is 0.304. The lowest BCUT2D eigenvalue weighted by Crippen LogP contribution is -2.17. The Kier molecular flexibility index (Phi) is 5.01. The number of ether oxygens (including phenoxy) is 1. The van der Waals surface area contributed by atoms with E-state index in [0.717, 1.165) is 22.9 Å². The van der Waals surface area contributed by atoms with Gasteiger partial charge in [-0.15, -0.1) is 11.3 Å². The molecule has 4 heteroatoms. The highest BCUT2D eigenvalue weighted by molar-refractivity contribution is 7.09. The summed E-state index contributed by atoms with van der Waals surface area (Å²) in [7, 11) is 0. The first-order valence-corrected chi connectivity index (χ1v) is 8.15. The molecule has 2 N–H and O–H groups in total. The van der Waals surface area contributed by atoms with Gasteiger partial charge in [-0.2, -0.15) is 0 Å². The van der Waals surface area contributed by atoms with Crippen LogP contribution in [0.2, 0.25) is 0 Å². The number of benzene rings is 1. The van der Waals surface area contributed by atoms with E-state index in [1.54, 1.807) is 11.3 Å². The van der Waals surface area contributed by atoms with Crippen molar-refractivity contribution in [2.45, 2.75) is 52.2 Å². The van der Waals surface area contributed by atoms with E-state index in [9.17, 15) is 0 Å². The van der Waals surface area contributed by atoms with E-state index < -0.39 is 0 Å². The Balaban J connectivity index is 1.98. The van der Waals surface area contributed by atoms with Crippen LogP contribution in [0.4, 0.5) is 0 Å². The Labute approximate surface area is 131 Å². The molecule has 1 unspecified atom stereocenters. The summed E-state index contributed by atoms with van der Waals surface area (Å²) in [5.74, 6) is 0.876. The van der Waals surface area contributed by atoms with Crippen molar-refractivity contribution in [3.8, 4) is 5.75 Å². The van der Waals surface area contributed by atoms with E-state index in [4.69, 9.17) is 10.5 Å². The summed E-state index contributed by atoms with van der Waals surface area (Å²) in [6.45, 7) is 9.04. The van der Waals surface area contributed by atoms with Crippen LogP contribution in [0.25, 0.3) is 0 Å². The lowest BCUT2D eigenvalue weighted by atomic mass is 9.93. The van der Waals surface area contributed by atoms with Gasteiger partial charge in [0, 0.05) is 16.8 Å². The van der Waals surface area contributed by atoms with E-state index in [2.05, 4.69) is 43.3 Å². The molecular weight excluding hydrogens is 280 g/mol. The van der Waals surface area contributed by atoms with Crippen LogP contribution in [-0.4, -0.2) is 11.0 Å². The second-order valence-corrected chi connectivity index (χ2v) is 7.44. The highest BCUT2D eigenvalue weighted by Crippen LogP contribution is 2.24. The van der Waals surface area contributed by atoms with Gasteiger partial charge < -0.3 is 10.5 Å². The number of nitrogens with two attached hydrogens (primary N) is 1. The van der Waals surface area contributed by atoms with Crippen LogP contribution < -0.4 is 10.5 Å². The van der Waals surface area contributed by atoms with Gasteiger partial charge in [-0.05, 0) is 31.0 Å². The highest BCUT2D eigenvalue weighted by atomic mass is 32.1. The molecule has 0 radical (unpaired) electrons. The van der Waals surface area contributed by atoms with E-state index in [1.807, 2.05) is 19.1 Å². The van der Waals surface area contributed by atoms with Gasteiger partial charge in [0.25, 0.3) is 0 Å². The van der Waals surface area contributed by atoms with E-state index in [-0.39, 0.29) is 11.5 Å². The topological polar surface area (TPSA) is 48.1 Å². The van der Waals surface area contributed by atoms with Gasteiger partial charge in [-0.1, -0.05) is 32.9 Å². The summed E-state index contributed by atoms with van der Waals surface area (Å²) in [5, 5.41) is 3.13. The minimum absolute atomic E-state index is 0.0892. The number of thiazole rings is 1. The molecule has 0 aliphatic heterocycles. The molecule has 3 nitrogen and oxygen atoms in total. The van der Waals surface area contributed by atoms with Crippen molar-refractivity contribution in [1.82, 2.24) is 4.98 Å². The summed E-state index contributed by atoms with van der Waals surface area (Å²) in [4.78, 5) is 4.64. The van der Waals surface area contributed by atoms with Crippen molar-refractivity contribution in [2.75, 3.05) is 0 Å². The van der Waals surface area contributed by atoms with Gasteiger partial charge in [-0.25, -0.2) is 4.98 Å². The Morgan fingerprint density at radius 2 is 2.10 bits per heavy atom. The SMILES string of the molecule is CC(N)Cc1cccc(OCc2nc(C(C)(C)C)cs2)c1. The van der Waals surface area contributed by atoms with Gasteiger partial charge >= 0.3 is 0 Å². The number of rotatable bonds is 5. The predicted octanol–water partition coefficient (Wildman–Crippen LogP) is 3.91. The van der Waals surface area contributed by atoms with Crippen molar-refractivity contribution in [1.29, 1.82) is 0 Å². The van der Waals surface area contributed by atoms with Crippen LogP contribution in [0, 0.1) is 0 Å². The third-order valence-corrected chi connectivity index (χ3v) is 3.96. The highest BCUT2D eigenvalue weighted by Gasteiger charge is 2.17. The molecule has 2 rings (SSSR count). The monoisotopic (exact) mass is 304 g/mol. The minimum atomic E-state index is 0.0892. The van der Waals surface area contributed by atoms with Gasteiger partial charge in [0.2, 0.25) is 0 Å². The minimum Gasteiger partial charge on any atom is -0.486 e. The molecule has 1 aromatic carbocycles. The Morgan fingerprint density at radius 3 is 2.71 bits per heavy atom. The summed E-state index contributed by atoms with van der Waals surface area (Å²) in [6, 6.07) is 8.28. The van der Waals surface area contributed by atoms with Crippen molar-refractivity contribution in [3.63, 3.8) is 0 Å². The van der Waals surface area contributed by atoms with E-state index in [1.165, 1.54) is 5.56 Å². The van der Waals surface area contributed by atoms with Crippen molar-refractivity contribution in [2.24, 2.45) is 5.73 Å². The molecule has 0 saturated heterocycles. The number of hydrogen-bond donors (Lipinski definition) is 1. The van der Waals surface area contributed by atoms with Crippen molar-refractivity contribution < 1.29 is 4.74 Å². The Morgan fingerprint density at radius 1 is 1.33 bits per heavy atom. The smallest absolute Gasteiger partial charge is 0.140 e. The molecule has 0 amide bonds. The molecule has 21 heavy (non-hydrogen) atoms. The Hall–Kier alpha value is -1.39. The van der Waals surface area contributed by atoms with Crippen molar-refractivity contribution >= 4 is 11.3 Å². The van der Waals surface area contributed by atoms with E-state index >= 15 is 0 Å². The fourth-order valence-electron chi connectivity index (χ4n) is 2.00. The standard InChI is InChI=1S/C17H24N2OS/c1-12(18)8-13-6-5-7-14(9-13)20-10-16-19-15(11-21-16)17(2,3)4/h5-7,9,11-12H,8,10,18H2,1-4H3. The maximum absolute atomic E-state index is 5.85. The van der Waals surface area contributed by atoms with Crippen LogP contribution in [0.3, 0.4) is 0 Å². The average molecular weight is 304 g/mol. The number of nitrogens with zero attached hydrogens (tertiary/aromatic N) is 1. The molecule has 0 aliphatic carbocycles. The third kappa shape index (κ3) is 4.83. The maximum atomic E-state index is 5.85. The number of aromatic nitrogens is 1. The first-order chi connectivity index (χ1) is 9.84. The van der Waals surface area contributed by atoms with Gasteiger partial charge in [0.1, 0.15) is 17.4 Å². The van der Waals surface area contributed by atoms with Gasteiger partial charge in [0.15, 0.2) is 0 Å². The van der Waals surface area contributed by atoms with Crippen LogP contribution in [-0.2, 0) is 18.4 Å². The zero-order chi connectivity index (χ0) is 15.5. The van der Waals surface area contributed by atoms with Crippen LogP contribution in [0.5, 0.6) is 5.75 Å². The predicted molar refractivity (Wildman–Crippen MR) is 88.9 cm³/mol. The van der Waals surface area contributed by atoms with Gasteiger partial charge in [0.05, 0.1) is 5.69 Å². The van der Waals surface area contributed by atoms with Crippen LogP contribution in [0.1, 0.15) is 44.0 Å². The summed E-state index contributed by atoms with van der Waals surface area (Å²) < 4.78 is 5.85. The number of hydrogen-bond acceptors (Lipinski definition) is 4. The molecule has 1 aromatic heterocycles. The molecule has 2 aromatic rings. The second kappa shape index (κ2) is 6.58. The van der Waals surface area contributed by atoms with Crippen LogP contribution >= 0.6 is 11.3 Å². The van der Waals surface area contributed by atoms with Crippen LogP contribution in [0.15, 0.2) is 29.6 Å². The molecule has 0 aliphatic rings. The first-order valence-electron chi connectivity index (χ1n) is 7.27. The third-order valence-electron chi connectivity index (χ3n) is 3.14. The largest absolute Gasteiger partial charge is 0.486 e. The lowest BCUT2D eigenvalue weighted by Gasteiger charge is -2.14. The van der Waals surface area contributed by atoms with E-state index in [0.29, 0.717) is 6.61 Å². The molecule has 0 spiro atoms. The summed E-state index contributed by atoms with van der Waals surface area (Å²) >= 11 is 1.65. The zero-order valence-electron chi connectivity index (χ0n) is 13.2. The molecule has 0 bridgehead atoms. The molecule has 114 valence electrons. The fourth-order valence-corrected chi connectivity index (χ4v) is 2.93. The average Bonchev–Trinajstić information content (AvgIpc) is 2.84. The normalized spacial score (nSPS) is 13.2. The zero-order valence-corrected chi connectivity index (χ0v) is 14.0. The molecule has 1 atom stereocenters.